The van der Waals surface area contributed by atoms with Crippen LogP contribution in [0.2, 0.25) is 0 Å². The van der Waals surface area contributed by atoms with Gasteiger partial charge in [0.15, 0.2) is 0 Å². The standard InChI is InChI=1S/C11H11FN2/c1-14(2)11-6-9-8(7-13-11)4-3-5-10(9)12/h3-7H,1-2H3. The van der Waals surface area contributed by atoms with E-state index in [0.29, 0.717) is 5.39 Å². The molecule has 1 heterocycles. The first-order chi connectivity index (χ1) is 6.68. The predicted molar refractivity (Wildman–Crippen MR) is 56.0 cm³/mol. The molecule has 0 radical (unpaired) electrons. The maximum atomic E-state index is 13.4. The average molecular weight is 190 g/mol. The van der Waals surface area contributed by atoms with Gasteiger partial charge in [0.25, 0.3) is 0 Å². The highest BCUT2D eigenvalue weighted by Gasteiger charge is 2.03. The van der Waals surface area contributed by atoms with E-state index in [1.165, 1.54) is 6.07 Å². The van der Waals surface area contributed by atoms with Crippen molar-refractivity contribution in [3.05, 3.63) is 36.3 Å². The van der Waals surface area contributed by atoms with Crippen LogP contribution in [-0.2, 0) is 0 Å². The lowest BCUT2D eigenvalue weighted by Crippen LogP contribution is -2.10. The maximum absolute atomic E-state index is 13.4. The van der Waals surface area contributed by atoms with Crippen LogP contribution in [0.1, 0.15) is 0 Å². The van der Waals surface area contributed by atoms with Gasteiger partial charge in [0.05, 0.1) is 0 Å². The van der Waals surface area contributed by atoms with Crippen molar-refractivity contribution in [2.75, 3.05) is 19.0 Å². The molecule has 0 unspecified atom stereocenters. The molecule has 3 heteroatoms. The van der Waals surface area contributed by atoms with E-state index in [2.05, 4.69) is 4.98 Å². The second kappa shape index (κ2) is 3.25. The van der Waals surface area contributed by atoms with E-state index >= 15 is 0 Å². The van der Waals surface area contributed by atoms with Crippen LogP contribution in [0.5, 0.6) is 0 Å². The first kappa shape index (κ1) is 8.94. The van der Waals surface area contributed by atoms with Gasteiger partial charge in [-0.05, 0) is 12.1 Å². The Bertz CT molecular complexity index is 466. The van der Waals surface area contributed by atoms with Crippen LogP contribution < -0.4 is 4.90 Å². The van der Waals surface area contributed by atoms with Crippen molar-refractivity contribution in [1.82, 2.24) is 4.98 Å². The van der Waals surface area contributed by atoms with E-state index in [4.69, 9.17) is 0 Å². The van der Waals surface area contributed by atoms with Crippen LogP contribution in [0.25, 0.3) is 10.8 Å². The summed E-state index contributed by atoms with van der Waals surface area (Å²) in [4.78, 5) is 6.06. The Hall–Kier alpha value is -1.64. The molecular formula is C11H11FN2. The molecule has 0 aliphatic carbocycles. The summed E-state index contributed by atoms with van der Waals surface area (Å²) in [6.45, 7) is 0. The third-order valence-electron chi connectivity index (χ3n) is 2.15. The minimum absolute atomic E-state index is 0.201. The second-order valence-corrected chi connectivity index (χ2v) is 3.40. The number of pyridine rings is 1. The summed E-state index contributed by atoms with van der Waals surface area (Å²) in [5, 5.41) is 1.45. The molecule has 2 aromatic rings. The van der Waals surface area contributed by atoms with Gasteiger partial charge in [0, 0.05) is 31.1 Å². The summed E-state index contributed by atoms with van der Waals surface area (Å²) in [7, 11) is 3.77. The van der Waals surface area contributed by atoms with Gasteiger partial charge in [-0.1, -0.05) is 12.1 Å². The van der Waals surface area contributed by atoms with Gasteiger partial charge < -0.3 is 4.90 Å². The highest BCUT2D eigenvalue weighted by Crippen LogP contribution is 2.20. The molecule has 72 valence electrons. The first-order valence-corrected chi connectivity index (χ1v) is 4.40. The molecule has 0 N–H and O–H groups in total. The van der Waals surface area contributed by atoms with E-state index in [9.17, 15) is 4.39 Å². The smallest absolute Gasteiger partial charge is 0.131 e. The van der Waals surface area contributed by atoms with Crippen LogP contribution in [0.15, 0.2) is 30.5 Å². The van der Waals surface area contributed by atoms with Crippen LogP contribution in [0.4, 0.5) is 10.2 Å². The van der Waals surface area contributed by atoms with Crippen LogP contribution in [-0.4, -0.2) is 19.1 Å². The number of hydrogen-bond donors (Lipinski definition) is 0. The third kappa shape index (κ3) is 1.41. The van der Waals surface area contributed by atoms with Gasteiger partial charge in [-0.15, -0.1) is 0 Å². The lowest BCUT2D eigenvalue weighted by Gasteiger charge is -2.11. The molecule has 0 saturated carbocycles. The maximum Gasteiger partial charge on any atom is 0.131 e. The number of halogens is 1. The highest BCUT2D eigenvalue weighted by molar-refractivity contribution is 5.84. The molecule has 0 aliphatic heterocycles. The van der Waals surface area contributed by atoms with E-state index in [-0.39, 0.29) is 5.82 Å². The molecule has 0 bridgehead atoms. The fourth-order valence-corrected chi connectivity index (χ4v) is 1.37. The monoisotopic (exact) mass is 190 g/mol. The first-order valence-electron chi connectivity index (χ1n) is 4.40. The van der Waals surface area contributed by atoms with Gasteiger partial charge in [-0.25, -0.2) is 9.37 Å². The lowest BCUT2D eigenvalue weighted by atomic mass is 10.1. The molecule has 0 spiro atoms. The Morgan fingerprint density at radius 1 is 1.29 bits per heavy atom. The number of anilines is 1. The summed E-state index contributed by atoms with van der Waals surface area (Å²) in [5.74, 6) is 0.565. The van der Waals surface area contributed by atoms with E-state index in [1.807, 2.05) is 25.1 Å². The molecule has 14 heavy (non-hydrogen) atoms. The van der Waals surface area contributed by atoms with Gasteiger partial charge in [0.1, 0.15) is 11.6 Å². The number of hydrogen-bond acceptors (Lipinski definition) is 2. The largest absolute Gasteiger partial charge is 0.363 e. The van der Waals surface area contributed by atoms with Gasteiger partial charge in [0.2, 0.25) is 0 Å². The number of rotatable bonds is 1. The van der Waals surface area contributed by atoms with E-state index < -0.39 is 0 Å². The van der Waals surface area contributed by atoms with E-state index in [0.717, 1.165) is 11.2 Å². The number of fused-ring (bicyclic) bond motifs is 1. The Kier molecular flexibility index (Phi) is 2.08. The minimum Gasteiger partial charge on any atom is -0.363 e. The Labute approximate surface area is 82.0 Å². The van der Waals surface area contributed by atoms with Crippen molar-refractivity contribution in [3.63, 3.8) is 0 Å². The van der Waals surface area contributed by atoms with Crippen LogP contribution >= 0.6 is 0 Å². The second-order valence-electron chi connectivity index (χ2n) is 3.40. The summed E-state index contributed by atoms with van der Waals surface area (Å²) in [6.07, 6.45) is 1.69. The third-order valence-corrected chi connectivity index (χ3v) is 2.15. The number of benzene rings is 1. The number of nitrogens with zero attached hydrogens (tertiary/aromatic N) is 2. The quantitative estimate of drug-likeness (QED) is 0.686. The Morgan fingerprint density at radius 3 is 2.79 bits per heavy atom. The zero-order valence-corrected chi connectivity index (χ0v) is 8.16. The van der Waals surface area contributed by atoms with Crippen molar-refractivity contribution >= 4 is 16.6 Å². The fourth-order valence-electron chi connectivity index (χ4n) is 1.37. The lowest BCUT2D eigenvalue weighted by molar-refractivity contribution is 0.640. The topological polar surface area (TPSA) is 16.1 Å². The highest BCUT2D eigenvalue weighted by atomic mass is 19.1. The molecule has 2 rings (SSSR count). The Balaban J connectivity index is 2.70. The molecule has 0 aliphatic rings. The predicted octanol–water partition coefficient (Wildman–Crippen LogP) is 2.44. The zero-order chi connectivity index (χ0) is 10.1. The van der Waals surface area contributed by atoms with Gasteiger partial charge in [-0.3, -0.25) is 0 Å². The average Bonchev–Trinajstić information content (AvgIpc) is 2.18. The van der Waals surface area contributed by atoms with Crippen LogP contribution in [0, 0.1) is 5.82 Å². The molecule has 0 atom stereocenters. The molecule has 0 amide bonds. The van der Waals surface area contributed by atoms with Crippen molar-refractivity contribution in [2.24, 2.45) is 0 Å². The zero-order valence-electron chi connectivity index (χ0n) is 8.16. The normalized spacial score (nSPS) is 10.5. The molecule has 1 aromatic heterocycles. The summed E-state index contributed by atoms with van der Waals surface area (Å²) in [6, 6.07) is 6.76. The van der Waals surface area contributed by atoms with Crippen LogP contribution in [0.3, 0.4) is 0 Å². The SMILES string of the molecule is CN(C)c1cc2c(F)cccc2cn1. The molecule has 1 aromatic carbocycles. The van der Waals surface area contributed by atoms with E-state index in [1.54, 1.807) is 18.3 Å². The fraction of sp³-hybridized carbons (Fsp3) is 0.182. The van der Waals surface area contributed by atoms with Crippen molar-refractivity contribution < 1.29 is 4.39 Å². The molecule has 0 saturated heterocycles. The molecule has 0 fully saturated rings. The van der Waals surface area contributed by atoms with Crippen molar-refractivity contribution in [3.8, 4) is 0 Å². The van der Waals surface area contributed by atoms with Gasteiger partial charge in [-0.2, -0.15) is 0 Å². The summed E-state index contributed by atoms with van der Waals surface area (Å²) in [5.41, 5.74) is 0. The van der Waals surface area contributed by atoms with Crippen molar-refractivity contribution in [1.29, 1.82) is 0 Å². The summed E-state index contributed by atoms with van der Waals surface area (Å²) >= 11 is 0. The summed E-state index contributed by atoms with van der Waals surface area (Å²) < 4.78 is 13.4. The Morgan fingerprint density at radius 2 is 2.07 bits per heavy atom. The van der Waals surface area contributed by atoms with Crippen molar-refractivity contribution in [2.45, 2.75) is 0 Å². The molecular weight excluding hydrogens is 179 g/mol. The van der Waals surface area contributed by atoms with Gasteiger partial charge >= 0.3 is 0 Å². The molecule has 2 nitrogen and oxygen atoms in total. The number of aromatic nitrogens is 1. The minimum atomic E-state index is -0.201.